The summed E-state index contributed by atoms with van der Waals surface area (Å²) in [6, 6.07) is 7.75. The van der Waals surface area contributed by atoms with Gasteiger partial charge in [-0.3, -0.25) is 10.1 Å². The molecule has 1 N–H and O–H groups in total. The van der Waals surface area contributed by atoms with E-state index in [4.69, 9.17) is 0 Å². The van der Waals surface area contributed by atoms with Gasteiger partial charge in [0.05, 0.1) is 11.3 Å². The number of benzene rings is 1. The number of nitrogens with zero attached hydrogens (tertiary/aromatic N) is 1. The Hall–Kier alpha value is -2.36. The minimum Gasteiger partial charge on any atom is -0.361 e. The molecule has 18 heavy (non-hydrogen) atoms. The molecule has 1 aromatic carbocycles. The van der Waals surface area contributed by atoms with Crippen molar-refractivity contribution < 1.29 is 4.92 Å². The first-order valence-electron chi connectivity index (χ1n) is 5.74. The average molecular weight is 242 g/mol. The van der Waals surface area contributed by atoms with Crippen molar-refractivity contribution in [3.63, 3.8) is 0 Å². The predicted molar refractivity (Wildman–Crippen MR) is 72.7 cm³/mol. The molecule has 0 amide bonds. The molecule has 0 unspecified atom stereocenters. The molecule has 0 fully saturated rings. The van der Waals surface area contributed by atoms with Crippen molar-refractivity contribution in [2.45, 2.75) is 13.3 Å². The minimum atomic E-state index is -0.332. The van der Waals surface area contributed by atoms with Gasteiger partial charge in [-0.1, -0.05) is 30.4 Å². The van der Waals surface area contributed by atoms with Crippen molar-refractivity contribution in [1.82, 2.24) is 4.98 Å². The number of nitrogens with one attached hydrogen (secondary N) is 1. The zero-order valence-corrected chi connectivity index (χ0v) is 10.1. The van der Waals surface area contributed by atoms with E-state index in [2.05, 4.69) is 4.98 Å². The van der Waals surface area contributed by atoms with Gasteiger partial charge in [-0.25, -0.2) is 0 Å². The topological polar surface area (TPSA) is 58.9 Å². The minimum absolute atomic E-state index is 0.192. The second-order valence-electron chi connectivity index (χ2n) is 3.96. The highest BCUT2D eigenvalue weighted by Gasteiger charge is 2.10. The summed E-state index contributed by atoms with van der Waals surface area (Å²) in [7, 11) is 0. The zero-order chi connectivity index (χ0) is 13.0. The van der Waals surface area contributed by atoms with Crippen LogP contribution in [0.5, 0.6) is 0 Å². The summed E-state index contributed by atoms with van der Waals surface area (Å²) >= 11 is 0. The van der Waals surface area contributed by atoms with E-state index in [9.17, 15) is 10.1 Å². The monoisotopic (exact) mass is 242 g/mol. The van der Waals surface area contributed by atoms with Crippen molar-refractivity contribution in [3.05, 3.63) is 64.0 Å². The summed E-state index contributed by atoms with van der Waals surface area (Å²) in [5, 5.41) is 12.0. The third kappa shape index (κ3) is 2.48. The number of hydrogen-bond donors (Lipinski definition) is 1. The van der Waals surface area contributed by atoms with Gasteiger partial charge in [0.15, 0.2) is 0 Å². The van der Waals surface area contributed by atoms with Gasteiger partial charge in [0.2, 0.25) is 0 Å². The van der Waals surface area contributed by atoms with Crippen LogP contribution < -0.4 is 0 Å². The number of H-pyrrole nitrogens is 1. The fraction of sp³-hybridized carbons (Fsp3) is 0.143. The van der Waals surface area contributed by atoms with Crippen LogP contribution in [0.2, 0.25) is 0 Å². The average Bonchev–Trinajstić information content (AvgIpc) is 2.77. The first-order chi connectivity index (χ1) is 8.72. The number of allylic oxidation sites excluding steroid dienone is 2. The van der Waals surface area contributed by atoms with E-state index in [1.165, 1.54) is 0 Å². The Labute approximate surface area is 105 Å². The molecule has 1 heterocycles. The molecule has 4 nitrogen and oxygen atoms in total. The first kappa shape index (κ1) is 12.1. The Bertz CT molecular complexity index is 624. The van der Waals surface area contributed by atoms with Gasteiger partial charge in [0.25, 0.3) is 5.70 Å². The Morgan fingerprint density at radius 1 is 1.44 bits per heavy atom. The van der Waals surface area contributed by atoms with Crippen LogP contribution in [0.25, 0.3) is 17.0 Å². The molecular weight excluding hydrogens is 228 g/mol. The maximum atomic E-state index is 11.0. The van der Waals surface area contributed by atoms with E-state index in [0.717, 1.165) is 16.5 Å². The van der Waals surface area contributed by atoms with E-state index in [1.54, 1.807) is 18.3 Å². The van der Waals surface area contributed by atoms with E-state index >= 15 is 0 Å². The van der Waals surface area contributed by atoms with E-state index in [0.29, 0.717) is 6.42 Å². The molecule has 0 saturated carbocycles. The highest BCUT2D eigenvalue weighted by molar-refractivity contribution is 5.88. The van der Waals surface area contributed by atoms with Crippen LogP contribution in [0.1, 0.15) is 18.9 Å². The Morgan fingerprint density at radius 2 is 2.22 bits per heavy atom. The van der Waals surface area contributed by atoms with Crippen LogP contribution >= 0.6 is 0 Å². The predicted octanol–water partition coefficient (Wildman–Crippen LogP) is 3.75. The zero-order valence-electron chi connectivity index (χ0n) is 10.1. The molecule has 0 spiro atoms. The summed E-state index contributed by atoms with van der Waals surface area (Å²) < 4.78 is 0. The largest absolute Gasteiger partial charge is 0.361 e. The van der Waals surface area contributed by atoms with E-state index < -0.39 is 0 Å². The lowest BCUT2D eigenvalue weighted by molar-refractivity contribution is -0.425. The fourth-order valence-corrected chi connectivity index (χ4v) is 1.82. The van der Waals surface area contributed by atoms with Crippen LogP contribution in [0.4, 0.5) is 0 Å². The number of rotatable bonds is 4. The lowest BCUT2D eigenvalue weighted by Gasteiger charge is -1.95. The molecule has 0 atom stereocenters. The van der Waals surface area contributed by atoms with Crippen LogP contribution in [0, 0.1) is 10.1 Å². The molecule has 0 bridgehead atoms. The number of fused-ring (bicyclic) bond motifs is 1. The van der Waals surface area contributed by atoms with Gasteiger partial charge in [0.1, 0.15) is 0 Å². The van der Waals surface area contributed by atoms with Crippen molar-refractivity contribution in [1.29, 1.82) is 0 Å². The normalized spacial score (nSPS) is 12.4. The molecule has 0 saturated heterocycles. The smallest absolute Gasteiger partial charge is 0.250 e. The van der Waals surface area contributed by atoms with Crippen LogP contribution in [0.3, 0.4) is 0 Å². The van der Waals surface area contributed by atoms with Gasteiger partial charge in [-0.05, 0) is 13.0 Å². The van der Waals surface area contributed by atoms with Crippen molar-refractivity contribution >= 4 is 17.0 Å². The number of hydrogen-bond acceptors (Lipinski definition) is 2. The molecule has 0 aliphatic rings. The summed E-state index contributed by atoms with van der Waals surface area (Å²) in [5.74, 6) is 0. The molecule has 0 aliphatic carbocycles. The third-order valence-electron chi connectivity index (χ3n) is 2.74. The Kier molecular flexibility index (Phi) is 3.57. The van der Waals surface area contributed by atoms with Crippen molar-refractivity contribution in [2.75, 3.05) is 0 Å². The lowest BCUT2D eigenvalue weighted by atomic mass is 10.1. The SMILES string of the molecule is C/C=C\C/C(=C\c1c[nH]c2ccccc12)[N+](=O)[O-]. The molecule has 4 heteroatoms. The van der Waals surface area contributed by atoms with Crippen LogP contribution in [-0.2, 0) is 0 Å². The molecule has 1 aromatic heterocycles. The van der Waals surface area contributed by atoms with Gasteiger partial charge >= 0.3 is 0 Å². The molecular formula is C14H14N2O2. The highest BCUT2D eigenvalue weighted by atomic mass is 16.6. The maximum absolute atomic E-state index is 11.0. The van der Waals surface area contributed by atoms with Gasteiger partial charge < -0.3 is 4.98 Å². The van der Waals surface area contributed by atoms with Crippen LogP contribution in [-0.4, -0.2) is 9.91 Å². The summed E-state index contributed by atoms with van der Waals surface area (Å²) in [4.78, 5) is 13.7. The lowest BCUT2D eigenvalue weighted by Crippen LogP contribution is -1.96. The number of aromatic nitrogens is 1. The van der Waals surface area contributed by atoms with E-state index in [1.807, 2.05) is 37.3 Å². The van der Waals surface area contributed by atoms with Crippen LogP contribution in [0.15, 0.2) is 48.3 Å². The van der Waals surface area contributed by atoms with Crippen molar-refractivity contribution in [2.24, 2.45) is 0 Å². The first-order valence-corrected chi connectivity index (χ1v) is 5.74. The van der Waals surface area contributed by atoms with Gasteiger partial charge in [-0.15, -0.1) is 0 Å². The Balaban J connectivity index is 2.43. The molecule has 0 aliphatic heterocycles. The summed E-state index contributed by atoms with van der Waals surface area (Å²) in [5.41, 5.74) is 2.03. The second kappa shape index (κ2) is 5.31. The quantitative estimate of drug-likeness (QED) is 0.504. The standard InChI is InChI=1S/C14H14N2O2/c1-2-3-6-12(16(17)18)9-11-10-15-14-8-5-4-7-13(11)14/h2-5,7-10,15H,6H2,1H3/b3-2-,12-9+. The fourth-order valence-electron chi connectivity index (χ4n) is 1.82. The summed E-state index contributed by atoms with van der Waals surface area (Å²) in [6.07, 6.45) is 7.35. The molecule has 2 aromatic rings. The third-order valence-corrected chi connectivity index (χ3v) is 2.74. The second-order valence-corrected chi connectivity index (χ2v) is 3.96. The molecule has 0 radical (unpaired) electrons. The molecule has 2 rings (SSSR count). The maximum Gasteiger partial charge on any atom is 0.250 e. The van der Waals surface area contributed by atoms with Gasteiger partial charge in [0, 0.05) is 28.7 Å². The Morgan fingerprint density at radius 3 is 2.94 bits per heavy atom. The molecule has 92 valence electrons. The highest BCUT2D eigenvalue weighted by Crippen LogP contribution is 2.21. The number of para-hydroxylation sites is 1. The van der Waals surface area contributed by atoms with Gasteiger partial charge in [-0.2, -0.15) is 0 Å². The van der Waals surface area contributed by atoms with E-state index in [-0.39, 0.29) is 10.6 Å². The van der Waals surface area contributed by atoms with Crippen molar-refractivity contribution in [3.8, 4) is 0 Å². The number of nitro groups is 1. The summed E-state index contributed by atoms with van der Waals surface area (Å²) in [6.45, 7) is 1.85. The number of aromatic amines is 1.